The van der Waals surface area contributed by atoms with Crippen LogP contribution in [0.1, 0.15) is 24.4 Å². The normalized spacial score (nSPS) is 12.9. The molecule has 2 rings (SSSR count). The number of rotatable bonds is 3. The number of hydrogen-bond acceptors (Lipinski definition) is 2. The molecule has 2 aromatic rings. The Morgan fingerprint density at radius 3 is 2.83 bits per heavy atom. The lowest BCUT2D eigenvalue weighted by molar-refractivity contribution is -0.120. The summed E-state index contributed by atoms with van der Waals surface area (Å²) in [6.07, 6.45) is 0. The van der Waals surface area contributed by atoms with Gasteiger partial charge in [-0.15, -0.1) is 11.6 Å². The van der Waals surface area contributed by atoms with Crippen molar-refractivity contribution >= 4 is 28.5 Å². The highest BCUT2D eigenvalue weighted by molar-refractivity contribution is 6.17. The fourth-order valence-corrected chi connectivity index (χ4v) is 2.11. The summed E-state index contributed by atoms with van der Waals surface area (Å²) in [4.78, 5) is 15.5. The van der Waals surface area contributed by atoms with Crippen molar-refractivity contribution in [1.82, 2.24) is 9.55 Å². The first-order valence-corrected chi connectivity index (χ1v) is 6.01. The molecule has 0 aliphatic carbocycles. The van der Waals surface area contributed by atoms with Gasteiger partial charge in [0.2, 0.25) is 5.91 Å². The van der Waals surface area contributed by atoms with Crippen molar-refractivity contribution in [3.05, 3.63) is 29.3 Å². The van der Waals surface area contributed by atoms with Crippen LogP contribution in [0, 0.1) is 12.7 Å². The van der Waals surface area contributed by atoms with Crippen LogP contribution in [-0.4, -0.2) is 15.5 Å². The van der Waals surface area contributed by atoms with E-state index >= 15 is 0 Å². The van der Waals surface area contributed by atoms with Gasteiger partial charge in [0, 0.05) is 6.07 Å². The first-order valence-electron chi connectivity index (χ1n) is 5.48. The lowest BCUT2D eigenvalue weighted by atomic mass is 10.2. The molecule has 1 unspecified atom stereocenters. The SMILES string of the molecule is Cc1cc2c(cc1F)nc(CCl)n2C(C)C(N)=O. The number of benzene rings is 1. The zero-order chi connectivity index (χ0) is 13.4. The number of amides is 1. The maximum absolute atomic E-state index is 13.5. The number of hydrogen-bond donors (Lipinski definition) is 1. The van der Waals surface area contributed by atoms with Gasteiger partial charge in [-0.25, -0.2) is 9.37 Å². The van der Waals surface area contributed by atoms with Gasteiger partial charge in [0.1, 0.15) is 17.7 Å². The molecule has 4 nitrogen and oxygen atoms in total. The second-order valence-electron chi connectivity index (χ2n) is 4.20. The summed E-state index contributed by atoms with van der Waals surface area (Å²) in [6.45, 7) is 3.32. The van der Waals surface area contributed by atoms with Crippen LogP contribution in [0.5, 0.6) is 0 Å². The number of carbonyl (C=O) groups is 1. The number of imidazole rings is 1. The molecule has 96 valence electrons. The fourth-order valence-electron chi connectivity index (χ4n) is 1.92. The standard InChI is InChI=1S/C12H13ClFN3O/c1-6-3-10-9(4-8(6)14)16-11(5-13)17(10)7(2)12(15)18/h3-4,7H,5H2,1-2H3,(H2,15,18). The van der Waals surface area contributed by atoms with E-state index in [1.807, 2.05) is 0 Å². The molecular weight excluding hydrogens is 257 g/mol. The molecule has 0 aliphatic heterocycles. The molecule has 1 amide bonds. The minimum absolute atomic E-state index is 0.132. The summed E-state index contributed by atoms with van der Waals surface area (Å²) in [6, 6.07) is 2.41. The third kappa shape index (κ3) is 1.95. The summed E-state index contributed by atoms with van der Waals surface area (Å²) in [7, 11) is 0. The molecule has 0 bridgehead atoms. The van der Waals surface area contributed by atoms with Gasteiger partial charge in [-0.2, -0.15) is 0 Å². The number of primary amides is 1. The third-order valence-electron chi connectivity index (χ3n) is 2.96. The summed E-state index contributed by atoms with van der Waals surface area (Å²) in [5.41, 5.74) is 6.93. The highest BCUT2D eigenvalue weighted by Crippen LogP contribution is 2.24. The zero-order valence-corrected chi connectivity index (χ0v) is 10.8. The van der Waals surface area contributed by atoms with Gasteiger partial charge in [0.05, 0.1) is 16.9 Å². The fraction of sp³-hybridized carbons (Fsp3) is 0.333. The van der Waals surface area contributed by atoms with E-state index in [-0.39, 0.29) is 11.7 Å². The number of halogens is 2. The van der Waals surface area contributed by atoms with Gasteiger partial charge in [-0.1, -0.05) is 0 Å². The number of aryl methyl sites for hydroxylation is 1. The highest BCUT2D eigenvalue weighted by atomic mass is 35.5. The van der Waals surface area contributed by atoms with Gasteiger partial charge in [-0.05, 0) is 25.5 Å². The maximum atomic E-state index is 13.5. The average molecular weight is 270 g/mol. The van der Waals surface area contributed by atoms with E-state index in [0.717, 1.165) is 0 Å². The van der Waals surface area contributed by atoms with E-state index in [9.17, 15) is 9.18 Å². The Morgan fingerprint density at radius 1 is 1.61 bits per heavy atom. The highest BCUT2D eigenvalue weighted by Gasteiger charge is 2.19. The van der Waals surface area contributed by atoms with Crippen molar-refractivity contribution in [3.63, 3.8) is 0 Å². The lowest BCUT2D eigenvalue weighted by Crippen LogP contribution is -2.25. The van der Waals surface area contributed by atoms with Crippen LogP contribution < -0.4 is 5.73 Å². The molecule has 1 aromatic carbocycles. The van der Waals surface area contributed by atoms with Gasteiger partial charge >= 0.3 is 0 Å². The van der Waals surface area contributed by atoms with Crippen LogP contribution in [0.3, 0.4) is 0 Å². The topological polar surface area (TPSA) is 60.9 Å². The first kappa shape index (κ1) is 12.8. The van der Waals surface area contributed by atoms with Crippen LogP contribution in [-0.2, 0) is 10.7 Å². The Bertz CT molecular complexity index is 623. The van der Waals surface area contributed by atoms with E-state index in [1.54, 1.807) is 24.5 Å². The predicted octanol–water partition coefficient (Wildman–Crippen LogP) is 2.27. The predicted molar refractivity (Wildman–Crippen MR) is 67.9 cm³/mol. The van der Waals surface area contributed by atoms with Gasteiger partial charge < -0.3 is 10.3 Å². The number of nitrogens with two attached hydrogens (primary N) is 1. The number of carbonyl (C=O) groups excluding carboxylic acids is 1. The molecule has 1 aromatic heterocycles. The minimum atomic E-state index is -0.575. The van der Waals surface area contributed by atoms with E-state index in [2.05, 4.69) is 4.98 Å². The van der Waals surface area contributed by atoms with Crippen LogP contribution in [0.2, 0.25) is 0 Å². The summed E-state index contributed by atoms with van der Waals surface area (Å²) < 4.78 is 15.1. The van der Waals surface area contributed by atoms with Crippen LogP contribution in [0.25, 0.3) is 11.0 Å². The molecule has 2 N–H and O–H groups in total. The van der Waals surface area contributed by atoms with Gasteiger partial charge in [0.25, 0.3) is 0 Å². The van der Waals surface area contributed by atoms with Crippen LogP contribution in [0.15, 0.2) is 12.1 Å². The molecule has 0 spiro atoms. The number of fused-ring (bicyclic) bond motifs is 1. The molecule has 1 atom stereocenters. The molecule has 18 heavy (non-hydrogen) atoms. The minimum Gasteiger partial charge on any atom is -0.368 e. The van der Waals surface area contributed by atoms with Crippen LogP contribution in [0.4, 0.5) is 4.39 Å². The average Bonchev–Trinajstić information content (AvgIpc) is 2.66. The van der Waals surface area contributed by atoms with E-state index in [0.29, 0.717) is 22.4 Å². The van der Waals surface area contributed by atoms with Crippen molar-refractivity contribution < 1.29 is 9.18 Å². The van der Waals surface area contributed by atoms with Crippen molar-refractivity contribution in [1.29, 1.82) is 0 Å². The summed E-state index contributed by atoms with van der Waals surface area (Å²) in [5.74, 6) is -0.182. The smallest absolute Gasteiger partial charge is 0.240 e. The Labute approximate surface area is 109 Å². The Kier molecular flexibility index (Phi) is 3.26. The zero-order valence-electron chi connectivity index (χ0n) is 10.1. The third-order valence-corrected chi connectivity index (χ3v) is 3.20. The number of nitrogens with zero attached hydrogens (tertiary/aromatic N) is 2. The number of aromatic nitrogens is 2. The largest absolute Gasteiger partial charge is 0.368 e. The molecule has 1 heterocycles. The molecule has 0 saturated carbocycles. The molecule has 0 aliphatic rings. The Balaban J connectivity index is 2.76. The lowest BCUT2D eigenvalue weighted by Gasteiger charge is -2.13. The van der Waals surface area contributed by atoms with Crippen molar-refractivity contribution in [3.8, 4) is 0 Å². The molecule has 0 fully saturated rings. The van der Waals surface area contributed by atoms with E-state index < -0.39 is 11.9 Å². The molecular formula is C12H13ClFN3O. The first-order chi connectivity index (χ1) is 8.45. The Morgan fingerprint density at radius 2 is 2.28 bits per heavy atom. The molecule has 0 saturated heterocycles. The Hall–Kier alpha value is -1.62. The molecule has 0 radical (unpaired) electrons. The van der Waals surface area contributed by atoms with E-state index in [1.165, 1.54) is 6.07 Å². The maximum Gasteiger partial charge on any atom is 0.240 e. The summed E-state index contributed by atoms with van der Waals surface area (Å²) in [5, 5.41) is 0. The second-order valence-corrected chi connectivity index (χ2v) is 4.47. The van der Waals surface area contributed by atoms with Crippen LogP contribution >= 0.6 is 11.6 Å². The second kappa shape index (κ2) is 4.57. The molecule has 6 heteroatoms. The van der Waals surface area contributed by atoms with E-state index in [4.69, 9.17) is 17.3 Å². The monoisotopic (exact) mass is 269 g/mol. The van der Waals surface area contributed by atoms with Crippen molar-refractivity contribution in [2.24, 2.45) is 5.73 Å². The van der Waals surface area contributed by atoms with Gasteiger partial charge in [-0.3, -0.25) is 4.79 Å². The quantitative estimate of drug-likeness (QED) is 0.869. The number of alkyl halides is 1. The van der Waals surface area contributed by atoms with Gasteiger partial charge in [0.15, 0.2) is 0 Å². The summed E-state index contributed by atoms with van der Waals surface area (Å²) >= 11 is 5.80. The van der Waals surface area contributed by atoms with Crippen molar-refractivity contribution in [2.45, 2.75) is 25.8 Å². The van der Waals surface area contributed by atoms with Crippen molar-refractivity contribution in [2.75, 3.05) is 0 Å².